The average Bonchev–Trinajstić information content (AvgIpc) is 3.34. The number of para-hydroxylation sites is 1. The van der Waals surface area contributed by atoms with Crippen molar-refractivity contribution in [3.8, 4) is 33.6 Å². The summed E-state index contributed by atoms with van der Waals surface area (Å²) in [5, 5.41) is 2.56. The Labute approximate surface area is 280 Å². The minimum Gasteiger partial charge on any atom is -0.358 e. The Hall–Kier alpha value is -4.50. The van der Waals surface area contributed by atoms with Gasteiger partial charge >= 0.3 is 0 Å². The maximum atomic E-state index is 4.61. The zero-order valence-electron chi connectivity index (χ0n) is 26.2. The van der Waals surface area contributed by atoms with E-state index in [-0.39, 0.29) is 20.1 Å². The first kappa shape index (κ1) is 31.9. The third-order valence-electron chi connectivity index (χ3n) is 7.93. The zero-order chi connectivity index (χ0) is 30.6. The van der Waals surface area contributed by atoms with Gasteiger partial charge in [0, 0.05) is 55.8 Å². The number of hydrogen-bond donors (Lipinski definition) is 0. The van der Waals surface area contributed by atoms with Crippen LogP contribution in [0.25, 0.3) is 55.4 Å². The molecule has 0 saturated carbocycles. The SMILES string of the molecule is Cc1ccc(-c2[c-]cc3c4ccccc4n(CC(C)C)c3c2)nc1.[CH2-]c1ccccc1-c1cc(C)c(-c2ccccc2)cn1.[Ir]. The van der Waals surface area contributed by atoms with E-state index in [2.05, 4.69) is 128 Å². The molecule has 3 heterocycles. The van der Waals surface area contributed by atoms with E-state index in [0.717, 1.165) is 34.6 Å². The van der Waals surface area contributed by atoms with Gasteiger partial charge in [-0.3, -0.25) is 4.98 Å². The van der Waals surface area contributed by atoms with Crippen LogP contribution in [0.4, 0.5) is 0 Å². The standard InChI is InChI=1S/C22H21N2.C19H16N.Ir/c1-15(2)14-24-21-7-5-4-6-18(21)19-10-9-17(12-22(19)24)20-11-8-16(3)13-23-20;1-14-8-6-7-11-17(14)19-12-15(2)18(13-20-19)16-9-4-3-5-10-16;/h4-8,10-13,15H,14H2,1-3H3;3-13H,1H2,2H3;/q2*-1;. The summed E-state index contributed by atoms with van der Waals surface area (Å²) in [7, 11) is 0. The first-order valence-electron chi connectivity index (χ1n) is 15.2. The van der Waals surface area contributed by atoms with Gasteiger partial charge in [-0.1, -0.05) is 86.0 Å². The molecule has 3 aromatic heterocycles. The Morgan fingerprint density at radius 2 is 1.42 bits per heavy atom. The molecule has 0 aliphatic carbocycles. The molecule has 7 aromatic rings. The quantitative estimate of drug-likeness (QED) is 0.164. The van der Waals surface area contributed by atoms with Crippen molar-refractivity contribution in [2.45, 2.75) is 34.2 Å². The van der Waals surface area contributed by atoms with Crippen molar-refractivity contribution in [2.24, 2.45) is 5.92 Å². The van der Waals surface area contributed by atoms with Crippen LogP contribution >= 0.6 is 0 Å². The zero-order valence-corrected chi connectivity index (χ0v) is 28.6. The van der Waals surface area contributed by atoms with E-state index in [1.165, 1.54) is 44.1 Å². The molecule has 227 valence electrons. The maximum Gasteiger partial charge on any atom is 0.0383 e. The molecule has 0 aliphatic rings. The largest absolute Gasteiger partial charge is 0.358 e. The van der Waals surface area contributed by atoms with E-state index in [1.54, 1.807) is 0 Å². The normalized spacial score (nSPS) is 10.9. The van der Waals surface area contributed by atoms with Crippen LogP contribution in [-0.4, -0.2) is 14.5 Å². The summed E-state index contributed by atoms with van der Waals surface area (Å²) in [4.78, 5) is 9.17. The summed E-state index contributed by atoms with van der Waals surface area (Å²) in [6, 6.07) is 41.2. The number of benzene rings is 4. The van der Waals surface area contributed by atoms with Gasteiger partial charge in [-0.15, -0.1) is 41.5 Å². The summed E-state index contributed by atoms with van der Waals surface area (Å²) in [6.07, 6.45) is 3.86. The molecule has 4 heteroatoms. The van der Waals surface area contributed by atoms with Crippen LogP contribution < -0.4 is 0 Å². The fraction of sp³-hybridized carbons (Fsp3) is 0.146. The Morgan fingerprint density at radius 1 is 0.711 bits per heavy atom. The van der Waals surface area contributed by atoms with Crippen molar-refractivity contribution in [1.29, 1.82) is 0 Å². The number of hydrogen-bond acceptors (Lipinski definition) is 2. The van der Waals surface area contributed by atoms with Crippen molar-refractivity contribution in [3.05, 3.63) is 151 Å². The predicted octanol–water partition coefficient (Wildman–Crippen LogP) is 10.5. The molecule has 7 rings (SSSR count). The molecule has 0 spiro atoms. The first-order chi connectivity index (χ1) is 21.4. The van der Waals surface area contributed by atoms with E-state index < -0.39 is 0 Å². The molecule has 1 radical (unpaired) electrons. The van der Waals surface area contributed by atoms with E-state index in [1.807, 2.05) is 48.8 Å². The van der Waals surface area contributed by atoms with Crippen LogP contribution in [-0.2, 0) is 26.7 Å². The van der Waals surface area contributed by atoms with Gasteiger partial charge in [0.25, 0.3) is 0 Å². The van der Waals surface area contributed by atoms with Crippen LogP contribution in [0.5, 0.6) is 0 Å². The number of fused-ring (bicyclic) bond motifs is 3. The minimum absolute atomic E-state index is 0. The second kappa shape index (κ2) is 14.1. The molecule has 0 saturated heterocycles. The van der Waals surface area contributed by atoms with Crippen molar-refractivity contribution >= 4 is 21.8 Å². The number of aromatic nitrogens is 3. The molecule has 0 N–H and O–H groups in total. The van der Waals surface area contributed by atoms with E-state index in [9.17, 15) is 0 Å². The van der Waals surface area contributed by atoms with Crippen molar-refractivity contribution in [3.63, 3.8) is 0 Å². The topological polar surface area (TPSA) is 30.7 Å². The number of pyridine rings is 2. The van der Waals surface area contributed by atoms with E-state index in [0.29, 0.717) is 5.92 Å². The fourth-order valence-electron chi connectivity index (χ4n) is 5.72. The fourth-order valence-corrected chi connectivity index (χ4v) is 5.72. The Balaban J connectivity index is 0.000000177. The third kappa shape index (κ3) is 6.93. The molecule has 0 unspecified atom stereocenters. The van der Waals surface area contributed by atoms with Crippen molar-refractivity contribution < 1.29 is 20.1 Å². The molecule has 0 amide bonds. The van der Waals surface area contributed by atoms with Gasteiger partial charge < -0.3 is 9.55 Å². The Morgan fingerprint density at radius 3 is 2.13 bits per heavy atom. The van der Waals surface area contributed by atoms with Crippen LogP contribution in [0.3, 0.4) is 0 Å². The second-order valence-corrected chi connectivity index (χ2v) is 11.8. The summed E-state index contributed by atoms with van der Waals surface area (Å²) >= 11 is 0. The van der Waals surface area contributed by atoms with E-state index >= 15 is 0 Å². The molecule has 0 atom stereocenters. The monoisotopic (exact) mass is 764 g/mol. The molecule has 4 aromatic carbocycles. The maximum absolute atomic E-state index is 4.61. The summed E-state index contributed by atoms with van der Waals surface area (Å²) in [5.41, 5.74) is 12.4. The van der Waals surface area contributed by atoms with E-state index in [4.69, 9.17) is 0 Å². The van der Waals surface area contributed by atoms with Crippen LogP contribution in [0, 0.1) is 32.8 Å². The van der Waals surface area contributed by atoms with Crippen LogP contribution in [0.2, 0.25) is 0 Å². The van der Waals surface area contributed by atoms with Gasteiger partial charge in [0.2, 0.25) is 0 Å². The third-order valence-corrected chi connectivity index (χ3v) is 7.93. The Kier molecular flexibility index (Phi) is 9.98. The van der Waals surface area contributed by atoms with Gasteiger partial charge in [0.05, 0.1) is 0 Å². The minimum atomic E-state index is 0. The van der Waals surface area contributed by atoms with Crippen LogP contribution in [0.15, 0.2) is 122 Å². The number of rotatable bonds is 5. The first-order valence-corrected chi connectivity index (χ1v) is 15.2. The van der Waals surface area contributed by atoms with Gasteiger partial charge in [-0.05, 0) is 65.2 Å². The van der Waals surface area contributed by atoms with Crippen molar-refractivity contribution in [1.82, 2.24) is 14.5 Å². The van der Waals surface area contributed by atoms with Crippen molar-refractivity contribution in [2.75, 3.05) is 0 Å². The average molecular weight is 764 g/mol. The molecule has 0 aliphatic heterocycles. The summed E-state index contributed by atoms with van der Waals surface area (Å²) in [6.45, 7) is 13.8. The second-order valence-electron chi connectivity index (χ2n) is 11.8. The molecule has 3 nitrogen and oxygen atoms in total. The Bertz CT molecular complexity index is 2040. The summed E-state index contributed by atoms with van der Waals surface area (Å²) < 4.78 is 2.43. The smallest absolute Gasteiger partial charge is 0.0383 e. The molecule has 0 bridgehead atoms. The van der Waals surface area contributed by atoms with Gasteiger partial charge in [0.1, 0.15) is 0 Å². The van der Waals surface area contributed by atoms with Gasteiger partial charge in [0.15, 0.2) is 0 Å². The molecule has 45 heavy (non-hydrogen) atoms. The van der Waals surface area contributed by atoms with Crippen LogP contribution in [0.1, 0.15) is 30.5 Å². The molecule has 0 fully saturated rings. The molecular weight excluding hydrogens is 727 g/mol. The molecular formula is C41H37IrN3-2. The predicted molar refractivity (Wildman–Crippen MR) is 185 cm³/mol. The summed E-state index contributed by atoms with van der Waals surface area (Å²) in [5.74, 6) is 0.592. The van der Waals surface area contributed by atoms with Gasteiger partial charge in [-0.2, -0.15) is 18.6 Å². The number of nitrogens with zero attached hydrogens (tertiary/aromatic N) is 3. The van der Waals surface area contributed by atoms with Gasteiger partial charge in [-0.25, -0.2) is 0 Å². The number of aryl methyl sites for hydroxylation is 2.